The molecule has 5 nitrogen and oxygen atoms in total. The molecule has 0 atom stereocenters. The van der Waals surface area contributed by atoms with Gasteiger partial charge in [0.1, 0.15) is 0 Å². The molecule has 1 aromatic carbocycles. The largest absolute Gasteiger partial charge is 0.487 e. The highest BCUT2D eigenvalue weighted by Crippen LogP contribution is 2.34. The Kier molecular flexibility index (Phi) is 9.59. The molecule has 0 bridgehead atoms. The summed E-state index contributed by atoms with van der Waals surface area (Å²) in [5, 5.41) is 0.956. The van der Waals surface area contributed by atoms with Crippen molar-refractivity contribution in [2.45, 2.75) is 84.0 Å². The fraction of sp³-hybridized carbons (Fsp3) is 0.571. The van der Waals surface area contributed by atoms with Gasteiger partial charge in [0.15, 0.2) is 5.76 Å². The zero-order valence-electron chi connectivity index (χ0n) is 20.7. The highest BCUT2D eigenvalue weighted by molar-refractivity contribution is 6.36. The minimum absolute atomic E-state index is 0.196. The maximum atomic E-state index is 12.9. The van der Waals surface area contributed by atoms with Crippen molar-refractivity contribution in [3.05, 3.63) is 41.8 Å². The van der Waals surface area contributed by atoms with Crippen molar-refractivity contribution in [1.29, 1.82) is 0 Å². The topological polar surface area (TPSA) is 51.5 Å². The third-order valence-electron chi connectivity index (χ3n) is 6.66. The summed E-state index contributed by atoms with van der Waals surface area (Å²) in [6, 6.07) is 7.91. The summed E-state index contributed by atoms with van der Waals surface area (Å²) >= 11 is 0. The van der Waals surface area contributed by atoms with Crippen LogP contribution in [-0.2, 0) is 21.4 Å². The second-order valence-corrected chi connectivity index (χ2v) is 9.28. The van der Waals surface area contributed by atoms with Gasteiger partial charge in [0.05, 0.1) is 12.2 Å². The van der Waals surface area contributed by atoms with E-state index in [9.17, 15) is 9.59 Å². The second-order valence-electron chi connectivity index (χ2n) is 9.28. The number of imide groups is 1. The van der Waals surface area contributed by atoms with Crippen LogP contribution < -0.4 is 0 Å². The number of ether oxygens (including phenoxy) is 1. The quantitative estimate of drug-likeness (QED) is 0.226. The fourth-order valence-corrected chi connectivity index (χ4v) is 4.65. The highest BCUT2D eigenvalue weighted by Gasteiger charge is 2.39. The normalized spacial score (nSPS) is 14.2. The van der Waals surface area contributed by atoms with Gasteiger partial charge in [0, 0.05) is 36.8 Å². The molecule has 2 amide bonds. The van der Waals surface area contributed by atoms with Crippen molar-refractivity contribution < 1.29 is 14.3 Å². The molecule has 0 aliphatic carbocycles. The summed E-state index contributed by atoms with van der Waals surface area (Å²) in [4.78, 5) is 26.7. The number of likely N-dealkylation sites (N-methyl/N-ethyl adjacent to an activating group) is 1. The Morgan fingerprint density at radius 3 is 1.97 bits per heavy atom. The zero-order valence-corrected chi connectivity index (χ0v) is 20.7. The first-order chi connectivity index (χ1) is 16.1. The SMILES string of the molecule is CCCCCCCCCCCCCCOC1=C(c2cn(C)c3ccccc23)C(=O)N(C)C1=O. The molecule has 33 heavy (non-hydrogen) atoms. The van der Waals surface area contributed by atoms with Crippen molar-refractivity contribution in [3.8, 4) is 0 Å². The summed E-state index contributed by atoms with van der Waals surface area (Å²) < 4.78 is 7.91. The average Bonchev–Trinajstić information content (AvgIpc) is 3.26. The van der Waals surface area contributed by atoms with Crippen LogP contribution in [0.2, 0.25) is 0 Å². The number of carbonyl (C=O) groups excluding carboxylic acids is 2. The van der Waals surface area contributed by atoms with Crippen molar-refractivity contribution in [3.63, 3.8) is 0 Å². The third kappa shape index (κ3) is 6.27. The molecule has 0 fully saturated rings. The lowest BCUT2D eigenvalue weighted by Gasteiger charge is -2.08. The molecule has 0 radical (unpaired) electrons. The van der Waals surface area contributed by atoms with Crippen LogP contribution in [0.4, 0.5) is 0 Å². The molecule has 0 unspecified atom stereocenters. The first-order valence-electron chi connectivity index (χ1n) is 12.8. The molecular weight excluding hydrogens is 412 g/mol. The van der Waals surface area contributed by atoms with E-state index in [2.05, 4.69) is 6.92 Å². The van der Waals surface area contributed by atoms with Gasteiger partial charge in [-0.25, -0.2) is 0 Å². The molecule has 0 N–H and O–H groups in total. The van der Waals surface area contributed by atoms with E-state index in [1.54, 1.807) is 0 Å². The van der Waals surface area contributed by atoms with E-state index in [0.29, 0.717) is 12.2 Å². The Morgan fingerprint density at radius 2 is 1.33 bits per heavy atom. The van der Waals surface area contributed by atoms with E-state index in [-0.39, 0.29) is 17.6 Å². The smallest absolute Gasteiger partial charge is 0.296 e. The van der Waals surface area contributed by atoms with Crippen molar-refractivity contribution in [2.75, 3.05) is 13.7 Å². The molecule has 2 heterocycles. The molecule has 1 aliphatic rings. The number of carbonyl (C=O) groups is 2. The van der Waals surface area contributed by atoms with Crippen LogP contribution in [0.1, 0.15) is 89.5 Å². The fourth-order valence-electron chi connectivity index (χ4n) is 4.65. The van der Waals surface area contributed by atoms with Gasteiger partial charge in [-0.1, -0.05) is 95.8 Å². The van der Waals surface area contributed by atoms with Crippen molar-refractivity contribution in [1.82, 2.24) is 9.47 Å². The van der Waals surface area contributed by atoms with Gasteiger partial charge in [-0.2, -0.15) is 0 Å². The number of aryl methyl sites for hydroxylation is 1. The first kappa shape index (κ1) is 25.1. The number of benzene rings is 1. The minimum atomic E-state index is -0.345. The van der Waals surface area contributed by atoms with E-state index >= 15 is 0 Å². The summed E-state index contributed by atoms with van der Waals surface area (Å²) in [5.74, 6) is -0.440. The third-order valence-corrected chi connectivity index (χ3v) is 6.66. The van der Waals surface area contributed by atoms with Gasteiger partial charge in [-0.15, -0.1) is 0 Å². The summed E-state index contributed by atoms with van der Waals surface area (Å²) in [7, 11) is 3.47. The number of aromatic nitrogens is 1. The molecule has 180 valence electrons. The monoisotopic (exact) mass is 452 g/mol. The second kappa shape index (κ2) is 12.6. The van der Waals surface area contributed by atoms with Gasteiger partial charge in [0.2, 0.25) is 0 Å². The first-order valence-corrected chi connectivity index (χ1v) is 12.8. The molecule has 0 saturated heterocycles. The maximum absolute atomic E-state index is 12.9. The zero-order chi connectivity index (χ0) is 23.6. The van der Waals surface area contributed by atoms with E-state index in [4.69, 9.17) is 4.74 Å². The summed E-state index contributed by atoms with van der Waals surface area (Å²) in [6.45, 7) is 2.73. The Morgan fingerprint density at radius 1 is 0.758 bits per heavy atom. The van der Waals surface area contributed by atoms with Gasteiger partial charge in [0.25, 0.3) is 11.8 Å². The lowest BCUT2D eigenvalue weighted by Crippen LogP contribution is -2.27. The number of nitrogens with zero attached hydrogens (tertiary/aromatic N) is 2. The molecule has 0 spiro atoms. The van der Waals surface area contributed by atoms with E-state index in [1.807, 2.05) is 42.1 Å². The Labute approximate surface area is 198 Å². The molecule has 5 heteroatoms. The average molecular weight is 453 g/mol. The standard InChI is InChI=1S/C28H40N2O3/c1-4-5-6-7-8-9-10-11-12-13-14-17-20-33-26-25(27(31)30(3)28(26)32)23-21-29(2)24-19-16-15-18-22(23)24/h15-16,18-19,21H,4-14,17,20H2,1-3H3. The van der Waals surface area contributed by atoms with Gasteiger partial charge >= 0.3 is 0 Å². The van der Waals surface area contributed by atoms with E-state index in [0.717, 1.165) is 34.2 Å². The summed E-state index contributed by atoms with van der Waals surface area (Å²) in [5.41, 5.74) is 2.17. The highest BCUT2D eigenvalue weighted by atomic mass is 16.5. The maximum Gasteiger partial charge on any atom is 0.296 e. The number of unbranched alkanes of at least 4 members (excludes halogenated alkanes) is 11. The van der Waals surface area contributed by atoms with Crippen molar-refractivity contribution in [2.24, 2.45) is 7.05 Å². The number of fused-ring (bicyclic) bond motifs is 1. The molecule has 3 rings (SSSR count). The Hall–Kier alpha value is -2.56. The molecule has 0 saturated carbocycles. The summed E-state index contributed by atoms with van der Waals surface area (Å²) in [6.07, 6.45) is 17.2. The van der Waals surface area contributed by atoms with Crippen LogP contribution >= 0.6 is 0 Å². The van der Waals surface area contributed by atoms with Gasteiger partial charge in [-0.05, 0) is 12.5 Å². The van der Waals surface area contributed by atoms with Crippen LogP contribution in [0.25, 0.3) is 16.5 Å². The van der Waals surface area contributed by atoms with Crippen LogP contribution in [0.3, 0.4) is 0 Å². The number of amides is 2. The van der Waals surface area contributed by atoms with Crippen LogP contribution in [-0.4, -0.2) is 34.9 Å². The number of para-hydroxylation sites is 1. The van der Waals surface area contributed by atoms with Gasteiger partial charge < -0.3 is 9.30 Å². The minimum Gasteiger partial charge on any atom is -0.487 e. The molecule has 2 aromatic rings. The van der Waals surface area contributed by atoms with E-state index in [1.165, 1.54) is 71.3 Å². The lowest BCUT2D eigenvalue weighted by molar-refractivity contribution is -0.136. The van der Waals surface area contributed by atoms with Crippen LogP contribution in [0, 0.1) is 0 Å². The van der Waals surface area contributed by atoms with Gasteiger partial charge in [-0.3, -0.25) is 14.5 Å². The number of rotatable bonds is 15. The molecule has 1 aromatic heterocycles. The Bertz CT molecular complexity index is 973. The van der Waals surface area contributed by atoms with Crippen LogP contribution in [0.5, 0.6) is 0 Å². The van der Waals surface area contributed by atoms with Crippen molar-refractivity contribution >= 4 is 28.3 Å². The lowest BCUT2D eigenvalue weighted by atomic mass is 10.0. The van der Waals surface area contributed by atoms with Crippen LogP contribution in [0.15, 0.2) is 36.2 Å². The van der Waals surface area contributed by atoms with E-state index < -0.39 is 0 Å². The number of hydrogen-bond donors (Lipinski definition) is 0. The number of hydrogen-bond acceptors (Lipinski definition) is 3. The predicted octanol–water partition coefficient (Wildman–Crippen LogP) is 6.61. The molecule has 1 aliphatic heterocycles. The molecular formula is C28H40N2O3. The predicted molar refractivity (Wildman–Crippen MR) is 135 cm³/mol. The Balaban J connectivity index is 1.46.